The quantitative estimate of drug-likeness (QED) is 0.797. The molecule has 2 N–H and O–H groups in total. The number of amides is 1. The summed E-state index contributed by atoms with van der Waals surface area (Å²) >= 11 is 0. The number of nitrogens with zero attached hydrogens (tertiary/aromatic N) is 1. The molecule has 102 valence electrons. The van der Waals surface area contributed by atoms with Gasteiger partial charge >= 0.3 is 0 Å². The van der Waals surface area contributed by atoms with Gasteiger partial charge in [0.15, 0.2) is 0 Å². The Bertz CT molecular complexity index is 474. The Morgan fingerprint density at radius 3 is 3.00 bits per heavy atom. The van der Waals surface area contributed by atoms with Gasteiger partial charge in [0, 0.05) is 31.4 Å². The molecule has 1 amide bonds. The van der Waals surface area contributed by atoms with Gasteiger partial charge in [-0.3, -0.25) is 9.69 Å². The molecule has 0 bridgehead atoms. The summed E-state index contributed by atoms with van der Waals surface area (Å²) in [7, 11) is 0. The second-order valence-corrected chi connectivity index (χ2v) is 5.55. The zero-order valence-corrected chi connectivity index (χ0v) is 11.4. The zero-order valence-electron chi connectivity index (χ0n) is 11.4. The van der Waals surface area contributed by atoms with E-state index in [1.807, 2.05) is 18.2 Å². The molecule has 1 aromatic rings. The molecule has 2 heterocycles. The van der Waals surface area contributed by atoms with Crippen molar-refractivity contribution in [1.82, 2.24) is 10.2 Å². The third-order valence-corrected chi connectivity index (χ3v) is 4.11. The number of fused-ring (bicyclic) bond motifs is 1. The van der Waals surface area contributed by atoms with Gasteiger partial charge in [0.05, 0.1) is 6.04 Å². The number of aryl methyl sites for hydroxylation is 1. The standard InChI is InChI=1S/C15H21N3O/c1-11-10-18(9-8-16-11)14-7-6-12-4-2-3-5-13(12)17-15(14)19/h2-5,11,14,16H,6-10H2,1H3,(H,17,19)/t11-,14?/m0/s1. The number of anilines is 1. The van der Waals surface area contributed by atoms with Gasteiger partial charge in [-0.15, -0.1) is 0 Å². The average Bonchev–Trinajstić information content (AvgIpc) is 2.57. The molecule has 2 aliphatic rings. The fourth-order valence-corrected chi connectivity index (χ4v) is 3.09. The highest BCUT2D eigenvalue weighted by Gasteiger charge is 2.31. The third kappa shape index (κ3) is 2.65. The van der Waals surface area contributed by atoms with Gasteiger partial charge in [-0.25, -0.2) is 0 Å². The summed E-state index contributed by atoms with van der Waals surface area (Å²) < 4.78 is 0. The molecular formula is C15H21N3O. The minimum atomic E-state index is 0.0111. The molecule has 3 rings (SSSR count). The van der Waals surface area contributed by atoms with Crippen molar-refractivity contribution < 1.29 is 4.79 Å². The van der Waals surface area contributed by atoms with Gasteiger partial charge in [0.1, 0.15) is 0 Å². The topological polar surface area (TPSA) is 44.4 Å². The molecule has 0 spiro atoms. The Balaban J connectivity index is 1.77. The molecule has 1 saturated heterocycles. The maximum atomic E-state index is 12.4. The fraction of sp³-hybridized carbons (Fsp3) is 0.533. The Labute approximate surface area is 114 Å². The number of carbonyl (C=O) groups is 1. The SMILES string of the molecule is C[C@H]1CN(C2CCc3ccccc3NC2=O)CCN1. The maximum Gasteiger partial charge on any atom is 0.241 e. The molecule has 0 saturated carbocycles. The fourth-order valence-electron chi connectivity index (χ4n) is 3.09. The minimum Gasteiger partial charge on any atom is -0.324 e. The van der Waals surface area contributed by atoms with Crippen LogP contribution >= 0.6 is 0 Å². The third-order valence-electron chi connectivity index (χ3n) is 4.11. The highest BCUT2D eigenvalue weighted by molar-refractivity contribution is 5.96. The van der Waals surface area contributed by atoms with Crippen molar-refractivity contribution in [2.45, 2.75) is 31.8 Å². The molecule has 1 aromatic carbocycles. The molecule has 4 nitrogen and oxygen atoms in total. The van der Waals surface area contributed by atoms with E-state index in [0.717, 1.165) is 38.2 Å². The number of nitrogens with one attached hydrogen (secondary N) is 2. The van der Waals surface area contributed by atoms with Crippen LogP contribution in [0.3, 0.4) is 0 Å². The van der Waals surface area contributed by atoms with Crippen molar-refractivity contribution in [3.63, 3.8) is 0 Å². The van der Waals surface area contributed by atoms with Gasteiger partial charge in [0.25, 0.3) is 0 Å². The van der Waals surface area contributed by atoms with Crippen LogP contribution in [0.25, 0.3) is 0 Å². The molecule has 0 radical (unpaired) electrons. The van der Waals surface area contributed by atoms with Crippen LogP contribution in [-0.4, -0.2) is 42.5 Å². The number of hydrogen-bond acceptors (Lipinski definition) is 3. The molecular weight excluding hydrogens is 238 g/mol. The monoisotopic (exact) mass is 259 g/mol. The van der Waals surface area contributed by atoms with Gasteiger partial charge in [-0.05, 0) is 31.4 Å². The van der Waals surface area contributed by atoms with E-state index < -0.39 is 0 Å². The highest BCUT2D eigenvalue weighted by atomic mass is 16.2. The smallest absolute Gasteiger partial charge is 0.241 e. The van der Waals surface area contributed by atoms with Crippen molar-refractivity contribution in [3.05, 3.63) is 29.8 Å². The zero-order chi connectivity index (χ0) is 13.2. The second-order valence-electron chi connectivity index (χ2n) is 5.55. The largest absolute Gasteiger partial charge is 0.324 e. The lowest BCUT2D eigenvalue weighted by Crippen LogP contribution is -2.55. The number of rotatable bonds is 1. The van der Waals surface area contributed by atoms with Crippen LogP contribution in [0.15, 0.2) is 24.3 Å². The van der Waals surface area contributed by atoms with Gasteiger partial charge in [-0.1, -0.05) is 18.2 Å². The van der Waals surface area contributed by atoms with Crippen LogP contribution in [0.1, 0.15) is 18.9 Å². The van der Waals surface area contributed by atoms with Crippen LogP contribution in [0.4, 0.5) is 5.69 Å². The number of hydrogen-bond donors (Lipinski definition) is 2. The van der Waals surface area contributed by atoms with E-state index in [4.69, 9.17) is 0 Å². The normalized spacial score (nSPS) is 28.4. The summed E-state index contributed by atoms with van der Waals surface area (Å²) in [5, 5.41) is 6.51. The van der Waals surface area contributed by atoms with E-state index in [-0.39, 0.29) is 11.9 Å². The summed E-state index contributed by atoms with van der Waals surface area (Å²) in [5.41, 5.74) is 2.24. The summed E-state index contributed by atoms with van der Waals surface area (Å²) in [6.45, 7) is 5.06. The number of piperazine rings is 1. The molecule has 0 aromatic heterocycles. The maximum absolute atomic E-state index is 12.4. The summed E-state index contributed by atoms with van der Waals surface area (Å²) in [5.74, 6) is 0.152. The highest BCUT2D eigenvalue weighted by Crippen LogP contribution is 2.24. The molecule has 1 fully saturated rings. The molecule has 2 atom stereocenters. The Kier molecular flexibility index (Phi) is 3.53. The second kappa shape index (κ2) is 5.31. The lowest BCUT2D eigenvalue weighted by Gasteiger charge is -2.36. The van der Waals surface area contributed by atoms with Crippen LogP contribution in [0, 0.1) is 0 Å². The van der Waals surface area contributed by atoms with Gasteiger partial charge in [-0.2, -0.15) is 0 Å². The van der Waals surface area contributed by atoms with E-state index in [2.05, 4.69) is 28.5 Å². The molecule has 19 heavy (non-hydrogen) atoms. The van der Waals surface area contributed by atoms with Crippen molar-refractivity contribution in [2.75, 3.05) is 25.0 Å². The Morgan fingerprint density at radius 2 is 2.16 bits per heavy atom. The molecule has 0 aliphatic carbocycles. The van der Waals surface area contributed by atoms with Gasteiger partial charge in [0.2, 0.25) is 5.91 Å². The Morgan fingerprint density at radius 1 is 1.32 bits per heavy atom. The van der Waals surface area contributed by atoms with Crippen LogP contribution < -0.4 is 10.6 Å². The van der Waals surface area contributed by atoms with Crippen molar-refractivity contribution >= 4 is 11.6 Å². The van der Waals surface area contributed by atoms with E-state index in [1.165, 1.54) is 5.56 Å². The first-order valence-corrected chi connectivity index (χ1v) is 7.10. The van der Waals surface area contributed by atoms with Crippen LogP contribution in [0.5, 0.6) is 0 Å². The lowest BCUT2D eigenvalue weighted by molar-refractivity contribution is -0.121. The first kappa shape index (κ1) is 12.6. The predicted octanol–water partition coefficient (Wildman–Crippen LogP) is 1.23. The number of para-hydroxylation sites is 1. The van der Waals surface area contributed by atoms with E-state index in [1.54, 1.807) is 0 Å². The van der Waals surface area contributed by atoms with Crippen molar-refractivity contribution in [1.29, 1.82) is 0 Å². The van der Waals surface area contributed by atoms with Crippen LogP contribution in [-0.2, 0) is 11.2 Å². The van der Waals surface area contributed by atoms with E-state index in [0.29, 0.717) is 6.04 Å². The summed E-state index contributed by atoms with van der Waals surface area (Å²) in [4.78, 5) is 14.7. The van der Waals surface area contributed by atoms with E-state index >= 15 is 0 Å². The predicted molar refractivity (Wildman–Crippen MR) is 76.2 cm³/mol. The lowest BCUT2D eigenvalue weighted by atomic mass is 10.0. The van der Waals surface area contributed by atoms with Crippen molar-refractivity contribution in [2.24, 2.45) is 0 Å². The first-order valence-electron chi connectivity index (χ1n) is 7.10. The average molecular weight is 259 g/mol. The number of benzene rings is 1. The number of carbonyl (C=O) groups excluding carboxylic acids is 1. The van der Waals surface area contributed by atoms with Gasteiger partial charge < -0.3 is 10.6 Å². The first-order chi connectivity index (χ1) is 9.24. The molecule has 2 aliphatic heterocycles. The van der Waals surface area contributed by atoms with Crippen LogP contribution in [0.2, 0.25) is 0 Å². The molecule has 4 heteroatoms. The van der Waals surface area contributed by atoms with Crippen molar-refractivity contribution in [3.8, 4) is 0 Å². The minimum absolute atomic E-state index is 0.0111. The van der Waals surface area contributed by atoms with E-state index in [9.17, 15) is 4.79 Å². The summed E-state index contributed by atoms with van der Waals surface area (Å²) in [6, 6.07) is 8.60. The Hall–Kier alpha value is -1.39. The molecule has 1 unspecified atom stereocenters. The summed E-state index contributed by atoms with van der Waals surface area (Å²) in [6.07, 6.45) is 1.88.